The van der Waals surface area contributed by atoms with Crippen LogP contribution in [-0.4, -0.2) is 236 Å². The van der Waals surface area contributed by atoms with Gasteiger partial charge in [0.2, 0.25) is 82.7 Å². The molecule has 14 amide bonds. The number of unbranched alkanes of at least 4 members (excludes halogenated alkanes) is 1. The van der Waals surface area contributed by atoms with Gasteiger partial charge in [-0.2, -0.15) is 24.4 Å². The van der Waals surface area contributed by atoms with Crippen molar-refractivity contribution < 1.29 is 97.1 Å². The first kappa shape index (κ1) is 101. The number of carbonyl (C=O) groups excluding carboxylic acids is 14. The first-order chi connectivity index (χ1) is 54.0. The molecule has 2 aromatic carbocycles. The SMILES string of the molecule is CC[C@H](C)[C@H](NC(=O)[C@H](CCSC)NC(=O)[C@H](CCCCN)NC(=O)[C@H](CCCNC(=N)N)NC(=O)[C@@H](NC(=O)[C@@H](NC(=O)[C@H](Cc1ccc(O)cc1)NC(=O)[C@H](CS)NC(=O)[C@H](C)NC(=O)[C@H](Cc1ccc(O)cc1)NC(=O)[C@@H](N)CCC(N)=O)C(C)C)C(C)C)C(=O)N[C@@H](CC(=O)O)C(=O)N[C@H](C(=O)N[C@@H](C)C(=O)O)C(C)C. The summed E-state index contributed by atoms with van der Waals surface area (Å²) in [6, 6.07) is -9.09. The van der Waals surface area contributed by atoms with Crippen molar-refractivity contribution in [1.82, 2.24) is 74.4 Å². The Kier molecular flexibility index (Phi) is 44.9. The number of carboxylic acids is 2. The minimum atomic E-state index is -1.83. The van der Waals surface area contributed by atoms with Gasteiger partial charge in [-0.1, -0.05) is 86.1 Å². The van der Waals surface area contributed by atoms with E-state index >= 15 is 0 Å². The van der Waals surface area contributed by atoms with Crippen molar-refractivity contribution >= 4 is 125 Å². The lowest BCUT2D eigenvalue weighted by Crippen LogP contribution is -2.62. The van der Waals surface area contributed by atoms with Crippen LogP contribution in [0.2, 0.25) is 0 Å². The van der Waals surface area contributed by atoms with Crippen molar-refractivity contribution in [1.29, 1.82) is 5.41 Å². The molecule has 41 heteroatoms. The van der Waals surface area contributed by atoms with Crippen LogP contribution in [0.5, 0.6) is 11.5 Å². The first-order valence-corrected chi connectivity index (χ1v) is 39.9. The molecule has 2 rings (SSSR count). The van der Waals surface area contributed by atoms with Gasteiger partial charge in [-0.3, -0.25) is 82.1 Å². The minimum Gasteiger partial charge on any atom is -0.508 e. The Morgan fingerprint density at radius 3 is 1.25 bits per heavy atom. The lowest BCUT2D eigenvalue weighted by molar-refractivity contribution is -0.143. The molecule has 115 heavy (non-hydrogen) atoms. The number of hydrogen-bond donors (Lipinski definition) is 24. The number of thioether (sulfide) groups is 1. The van der Waals surface area contributed by atoms with E-state index in [1.807, 2.05) is 0 Å². The average molecular weight is 1660 g/mol. The van der Waals surface area contributed by atoms with Crippen LogP contribution >= 0.6 is 24.4 Å². The number of aliphatic carboxylic acids is 2. The van der Waals surface area contributed by atoms with Gasteiger partial charge in [-0.15, -0.1) is 0 Å². The van der Waals surface area contributed by atoms with Crippen LogP contribution in [0.25, 0.3) is 0 Å². The summed E-state index contributed by atoms with van der Waals surface area (Å²) < 4.78 is 0. The van der Waals surface area contributed by atoms with E-state index in [4.69, 9.17) is 28.3 Å². The highest BCUT2D eigenvalue weighted by Gasteiger charge is 2.40. The number of thiol groups is 1. The fourth-order valence-corrected chi connectivity index (χ4v) is 11.9. The molecule has 0 saturated carbocycles. The van der Waals surface area contributed by atoms with Gasteiger partial charge in [0.05, 0.1) is 12.5 Å². The molecule has 27 N–H and O–H groups in total. The van der Waals surface area contributed by atoms with Crippen LogP contribution in [0.15, 0.2) is 48.5 Å². The van der Waals surface area contributed by atoms with Gasteiger partial charge < -0.3 is 118 Å². The lowest BCUT2D eigenvalue weighted by Gasteiger charge is -2.30. The van der Waals surface area contributed by atoms with Gasteiger partial charge in [-0.05, 0) is 136 Å². The summed E-state index contributed by atoms with van der Waals surface area (Å²) in [4.78, 5) is 219. The van der Waals surface area contributed by atoms with Crippen LogP contribution in [0, 0.1) is 29.1 Å². The largest absolute Gasteiger partial charge is 0.508 e. The zero-order valence-electron chi connectivity index (χ0n) is 66.8. The number of amides is 14. The fourth-order valence-electron chi connectivity index (χ4n) is 11.2. The van der Waals surface area contributed by atoms with E-state index in [1.165, 1.54) is 88.0 Å². The van der Waals surface area contributed by atoms with Gasteiger partial charge in [0.1, 0.15) is 90.0 Å². The Bertz CT molecular complexity index is 3640. The van der Waals surface area contributed by atoms with Crippen molar-refractivity contribution in [3.05, 3.63) is 59.7 Å². The molecule has 0 fully saturated rings. The van der Waals surface area contributed by atoms with Crippen LogP contribution < -0.4 is 97.4 Å². The molecule has 0 heterocycles. The average Bonchev–Trinajstić information content (AvgIpc) is 0.839. The van der Waals surface area contributed by atoms with E-state index in [2.05, 4.69) is 87.1 Å². The number of rotatable bonds is 53. The number of phenolic OH excluding ortho intramolecular Hbond substituents is 2. The number of carboxylic acid groups (broad SMARTS) is 2. The summed E-state index contributed by atoms with van der Waals surface area (Å²) in [5.74, 6) is -19.3. The highest BCUT2D eigenvalue weighted by molar-refractivity contribution is 7.98. The number of primary amides is 1. The number of guanidine groups is 1. The molecule has 642 valence electrons. The number of nitrogens with two attached hydrogens (primary N) is 4. The number of phenols is 2. The van der Waals surface area contributed by atoms with Crippen LogP contribution in [0.1, 0.15) is 145 Å². The molecular formula is C74H119N19O20S2. The smallest absolute Gasteiger partial charge is 0.325 e. The maximum atomic E-state index is 14.7. The maximum absolute atomic E-state index is 14.7. The Hall–Kier alpha value is -10.5. The maximum Gasteiger partial charge on any atom is 0.325 e. The third-order valence-electron chi connectivity index (χ3n) is 18.3. The molecule has 0 aliphatic heterocycles. The Balaban J connectivity index is 2.52. The third kappa shape index (κ3) is 36.6. The number of aromatic hydroxyl groups is 2. The summed E-state index contributed by atoms with van der Waals surface area (Å²) in [5, 5.41) is 82.6. The van der Waals surface area contributed by atoms with Gasteiger partial charge in [0.15, 0.2) is 5.96 Å². The van der Waals surface area contributed by atoms with E-state index in [0.29, 0.717) is 17.5 Å². The molecule has 0 unspecified atom stereocenters. The van der Waals surface area contributed by atoms with E-state index in [9.17, 15) is 97.1 Å². The highest BCUT2D eigenvalue weighted by Crippen LogP contribution is 2.18. The number of benzene rings is 2. The van der Waals surface area contributed by atoms with Gasteiger partial charge >= 0.3 is 11.9 Å². The van der Waals surface area contributed by atoms with Crippen molar-refractivity contribution in [3.8, 4) is 11.5 Å². The number of hydrogen-bond acceptors (Lipinski definition) is 23. The standard InChI is InChI=1S/C74H119N19O20S2/c1-12-39(8)59(72(111)88-52(34-55(97)98)67(106)90-56(36(2)3)69(108)82-41(10)73(112)113)93-64(103)49(28-31-115-11)84-62(101)47(16-13-14-29-75)83-63(102)48(17-15-30-80-74(78)79)85-70(109)57(37(4)5)92-71(110)58(38(6)7)91-66(105)51(33-43-20-24-45(95)25-21-43)87-68(107)53(35-114)89-60(99)40(9)81-65(104)50(32-42-18-22-44(94)23-19-42)86-61(100)46(76)26-27-54(77)96/h18-25,36-41,46-53,56-59,94-95,114H,12-17,26-35,75-76H2,1-11H3,(H2,77,96)(H,81,104)(H,82,108)(H,83,102)(H,84,101)(H,85,109)(H,86,100)(H,87,107)(H,88,111)(H,89,99)(H,90,106)(H,91,105)(H,92,110)(H,93,103)(H,97,98)(H,112,113)(H4,78,79,80)/t39-,40-,41-,46-,47-,48-,49-,50-,51-,52-,53-,56-,57-,58-,59-/m0/s1. The summed E-state index contributed by atoms with van der Waals surface area (Å²) in [6.45, 7) is 15.3. The topological polar surface area (TPSA) is 650 Å². The predicted molar refractivity (Wildman–Crippen MR) is 429 cm³/mol. The Morgan fingerprint density at radius 1 is 0.443 bits per heavy atom. The van der Waals surface area contributed by atoms with Crippen molar-refractivity contribution in [2.24, 2.45) is 46.6 Å². The molecule has 0 aliphatic rings. The number of carbonyl (C=O) groups is 16. The second kappa shape index (κ2) is 51.3. The normalized spacial score (nSPS) is 15.1. The highest BCUT2D eigenvalue weighted by atomic mass is 32.2. The van der Waals surface area contributed by atoms with E-state index in [0.717, 1.165) is 0 Å². The van der Waals surface area contributed by atoms with E-state index in [1.54, 1.807) is 47.8 Å². The van der Waals surface area contributed by atoms with Crippen molar-refractivity contribution in [3.63, 3.8) is 0 Å². The molecule has 0 aromatic heterocycles. The first-order valence-electron chi connectivity index (χ1n) is 37.9. The summed E-state index contributed by atoms with van der Waals surface area (Å²) in [6.07, 6.45) is 0.549. The summed E-state index contributed by atoms with van der Waals surface area (Å²) in [5.41, 5.74) is 23.5. The van der Waals surface area contributed by atoms with E-state index in [-0.39, 0.29) is 100 Å². The van der Waals surface area contributed by atoms with E-state index < -0.39 is 215 Å². The Morgan fingerprint density at radius 2 is 0.809 bits per heavy atom. The van der Waals surface area contributed by atoms with Gasteiger partial charge in [-0.25, -0.2) is 0 Å². The van der Waals surface area contributed by atoms with Crippen LogP contribution in [0.3, 0.4) is 0 Å². The molecule has 0 saturated heterocycles. The second-order valence-corrected chi connectivity index (χ2v) is 30.3. The molecule has 2 aromatic rings. The predicted octanol–water partition coefficient (Wildman–Crippen LogP) is -3.53. The Labute approximate surface area is 678 Å². The fraction of sp³-hybridized carbons (Fsp3) is 0.608. The molecule has 0 aliphatic carbocycles. The van der Waals surface area contributed by atoms with Crippen molar-refractivity contribution in [2.75, 3.05) is 30.9 Å². The molecule has 39 nitrogen and oxygen atoms in total. The quantitative estimate of drug-likeness (QED) is 0.0132. The molecular weight excluding hydrogens is 1540 g/mol. The number of nitrogens with one attached hydrogen (secondary N) is 15. The minimum absolute atomic E-state index is 0.0172. The zero-order valence-corrected chi connectivity index (χ0v) is 68.5. The summed E-state index contributed by atoms with van der Waals surface area (Å²) >= 11 is 5.59. The van der Waals surface area contributed by atoms with Gasteiger partial charge in [0, 0.05) is 31.6 Å². The second-order valence-electron chi connectivity index (χ2n) is 29.0. The van der Waals surface area contributed by atoms with Crippen molar-refractivity contribution in [2.45, 2.75) is 231 Å². The van der Waals surface area contributed by atoms with Gasteiger partial charge in [0.25, 0.3) is 0 Å². The lowest BCUT2D eigenvalue weighted by atomic mass is 9.96. The monoisotopic (exact) mass is 1660 g/mol. The zero-order chi connectivity index (χ0) is 87.1. The third-order valence-corrected chi connectivity index (χ3v) is 19.3. The summed E-state index contributed by atoms with van der Waals surface area (Å²) in [7, 11) is 0. The molecule has 0 radical (unpaired) electrons. The van der Waals surface area contributed by atoms with Crippen LogP contribution in [-0.2, 0) is 89.6 Å². The molecule has 0 spiro atoms. The molecule has 15 atom stereocenters. The van der Waals surface area contributed by atoms with Crippen LogP contribution in [0.4, 0.5) is 0 Å². The molecule has 0 bridgehead atoms.